The molecule has 0 radical (unpaired) electrons. The van der Waals surface area contributed by atoms with Gasteiger partial charge in [0, 0.05) is 32.2 Å². The van der Waals surface area contributed by atoms with Crippen LogP contribution in [0.25, 0.3) is 0 Å². The van der Waals surface area contributed by atoms with Crippen LogP contribution in [0.4, 0.5) is 0 Å². The largest absolute Gasteiger partial charge is 0.314 e. The van der Waals surface area contributed by atoms with Crippen molar-refractivity contribution in [2.75, 3.05) is 26.2 Å². The van der Waals surface area contributed by atoms with E-state index in [1.54, 1.807) is 5.56 Å². The number of piperazine rings is 1. The number of hydrogen-bond donors (Lipinski definition) is 1. The number of nitrogens with zero attached hydrogens (tertiary/aromatic N) is 1. The molecule has 2 nitrogen and oxygen atoms in total. The second kappa shape index (κ2) is 8.38. The van der Waals surface area contributed by atoms with E-state index in [0.717, 1.165) is 19.0 Å². The van der Waals surface area contributed by atoms with Gasteiger partial charge in [-0.1, -0.05) is 24.6 Å². The van der Waals surface area contributed by atoms with Crippen LogP contribution in [0.5, 0.6) is 0 Å². The second-order valence-electron chi connectivity index (χ2n) is 6.21. The van der Waals surface area contributed by atoms with Crippen LogP contribution in [0.3, 0.4) is 0 Å². The summed E-state index contributed by atoms with van der Waals surface area (Å²) in [5, 5.41) is 3.48. The van der Waals surface area contributed by atoms with Gasteiger partial charge in [0.25, 0.3) is 0 Å². The van der Waals surface area contributed by atoms with E-state index in [-0.39, 0.29) is 24.8 Å². The topological polar surface area (TPSA) is 15.3 Å². The first-order valence-electron chi connectivity index (χ1n) is 7.78. The lowest BCUT2D eigenvalue weighted by atomic mass is 9.75. The fourth-order valence-corrected chi connectivity index (χ4v) is 3.56. The molecule has 0 aromatic heterocycles. The maximum atomic E-state index is 3.48. The summed E-state index contributed by atoms with van der Waals surface area (Å²) in [5.74, 6) is 0.888. The lowest BCUT2D eigenvalue weighted by Crippen LogP contribution is -2.48. The molecule has 1 saturated carbocycles. The maximum absolute atomic E-state index is 3.48. The van der Waals surface area contributed by atoms with Crippen LogP contribution in [0.1, 0.15) is 42.0 Å². The van der Waals surface area contributed by atoms with Crippen molar-refractivity contribution in [1.82, 2.24) is 10.2 Å². The Morgan fingerprint density at radius 3 is 2.33 bits per heavy atom. The lowest BCUT2D eigenvalue weighted by molar-refractivity contribution is 0.0832. The van der Waals surface area contributed by atoms with Gasteiger partial charge < -0.3 is 5.32 Å². The Bertz CT molecular complexity index is 440. The van der Waals surface area contributed by atoms with Gasteiger partial charge in [0.05, 0.1) is 0 Å². The Labute approximate surface area is 141 Å². The van der Waals surface area contributed by atoms with Crippen LogP contribution in [0.15, 0.2) is 18.2 Å². The minimum atomic E-state index is 0. The first-order chi connectivity index (χ1) is 9.27. The van der Waals surface area contributed by atoms with Crippen molar-refractivity contribution >= 4 is 24.8 Å². The quantitative estimate of drug-likeness (QED) is 0.904. The molecule has 120 valence electrons. The van der Waals surface area contributed by atoms with Gasteiger partial charge in [-0.25, -0.2) is 0 Å². The van der Waals surface area contributed by atoms with Gasteiger partial charge in [0.15, 0.2) is 0 Å². The number of nitrogens with one attached hydrogen (secondary N) is 1. The first-order valence-corrected chi connectivity index (χ1v) is 7.78. The number of halogens is 2. The normalized spacial score (nSPS) is 20.9. The van der Waals surface area contributed by atoms with E-state index >= 15 is 0 Å². The first kappa shape index (κ1) is 18.8. The van der Waals surface area contributed by atoms with Crippen molar-refractivity contribution < 1.29 is 0 Å². The summed E-state index contributed by atoms with van der Waals surface area (Å²) in [4.78, 5) is 2.72. The molecule has 1 aromatic rings. The van der Waals surface area contributed by atoms with Crippen molar-refractivity contribution in [2.24, 2.45) is 5.92 Å². The molecule has 1 N–H and O–H groups in total. The second-order valence-corrected chi connectivity index (χ2v) is 6.21. The highest BCUT2D eigenvalue weighted by atomic mass is 35.5. The summed E-state index contributed by atoms with van der Waals surface area (Å²) in [6.45, 7) is 9.25. The van der Waals surface area contributed by atoms with Crippen LogP contribution >= 0.6 is 24.8 Å². The number of hydrogen-bond acceptors (Lipinski definition) is 2. The van der Waals surface area contributed by atoms with E-state index in [1.165, 1.54) is 43.5 Å². The molecule has 0 unspecified atom stereocenters. The molecule has 1 aliphatic heterocycles. The van der Waals surface area contributed by atoms with Gasteiger partial charge in [-0.3, -0.25) is 4.90 Å². The third kappa shape index (κ3) is 3.92. The fourth-order valence-electron chi connectivity index (χ4n) is 3.56. The highest BCUT2D eigenvalue weighted by Gasteiger charge is 2.34. The minimum Gasteiger partial charge on any atom is -0.314 e. The van der Waals surface area contributed by atoms with Gasteiger partial charge in [-0.05, 0) is 49.3 Å². The number of benzene rings is 1. The fraction of sp³-hybridized carbons (Fsp3) is 0.647. The van der Waals surface area contributed by atoms with E-state index in [0.29, 0.717) is 6.04 Å². The number of rotatable bonds is 3. The predicted octanol–water partition coefficient (Wildman–Crippen LogP) is 3.89. The molecule has 1 aromatic carbocycles. The molecular formula is C17H28Cl2N2. The van der Waals surface area contributed by atoms with Crippen molar-refractivity contribution in [2.45, 2.75) is 39.2 Å². The molecule has 0 bridgehead atoms. The molecule has 0 amide bonds. The number of aryl methyl sites for hydroxylation is 1. The molecule has 3 rings (SSSR count). The van der Waals surface area contributed by atoms with Gasteiger partial charge in [0.2, 0.25) is 0 Å². The molecule has 21 heavy (non-hydrogen) atoms. The Hall–Kier alpha value is -0.280. The Morgan fingerprint density at radius 2 is 1.76 bits per heavy atom. The SMILES string of the molecule is Cc1cccc([C@H](C2CCC2)N2CCNCC2)c1C.Cl.Cl. The highest BCUT2D eigenvalue weighted by Crippen LogP contribution is 2.42. The molecule has 1 heterocycles. The molecule has 2 aliphatic rings. The average molecular weight is 331 g/mol. The molecule has 2 fully saturated rings. The van der Waals surface area contributed by atoms with Crippen LogP contribution in [0, 0.1) is 19.8 Å². The van der Waals surface area contributed by atoms with E-state index in [4.69, 9.17) is 0 Å². The standard InChI is InChI=1S/C17H26N2.2ClH/c1-13-5-3-8-16(14(13)2)17(15-6-4-7-15)19-11-9-18-10-12-19;;/h3,5,8,15,17-18H,4,6-7,9-12H2,1-2H3;2*1H/t17-;;/m0../s1. The smallest absolute Gasteiger partial charge is 0.0380 e. The predicted molar refractivity (Wildman–Crippen MR) is 94.9 cm³/mol. The lowest BCUT2D eigenvalue weighted by Gasteiger charge is -2.44. The molecule has 1 atom stereocenters. The van der Waals surface area contributed by atoms with E-state index in [2.05, 4.69) is 42.3 Å². The van der Waals surface area contributed by atoms with Gasteiger partial charge in [-0.2, -0.15) is 0 Å². The third-order valence-corrected chi connectivity index (χ3v) is 5.11. The van der Waals surface area contributed by atoms with Gasteiger partial charge in [-0.15, -0.1) is 24.8 Å². The summed E-state index contributed by atoms with van der Waals surface area (Å²) in [6, 6.07) is 7.52. The van der Waals surface area contributed by atoms with Crippen LogP contribution in [-0.2, 0) is 0 Å². The zero-order chi connectivity index (χ0) is 13.2. The zero-order valence-corrected chi connectivity index (χ0v) is 14.7. The molecular weight excluding hydrogens is 303 g/mol. The molecule has 1 saturated heterocycles. The van der Waals surface area contributed by atoms with E-state index < -0.39 is 0 Å². The summed E-state index contributed by atoms with van der Waals surface area (Å²) >= 11 is 0. The van der Waals surface area contributed by atoms with Crippen molar-refractivity contribution in [1.29, 1.82) is 0 Å². The van der Waals surface area contributed by atoms with Crippen LogP contribution in [-0.4, -0.2) is 31.1 Å². The summed E-state index contributed by atoms with van der Waals surface area (Å²) in [5.41, 5.74) is 4.54. The summed E-state index contributed by atoms with van der Waals surface area (Å²) in [7, 11) is 0. The van der Waals surface area contributed by atoms with Crippen molar-refractivity contribution in [3.8, 4) is 0 Å². The van der Waals surface area contributed by atoms with Crippen molar-refractivity contribution in [3.63, 3.8) is 0 Å². The monoisotopic (exact) mass is 330 g/mol. The van der Waals surface area contributed by atoms with Crippen LogP contribution < -0.4 is 5.32 Å². The Morgan fingerprint density at radius 1 is 1.10 bits per heavy atom. The van der Waals surface area contributed by atoms with E-state index in [1.807, 2.05) is 0 Å². The highest BCUT2D eigenvalue weighted by molar-refractivity contribution is 5.85. The van der Waals surface area contributed by atoms with Gasteiger partial charge in [0.1, 0.15) is 0 Å². The maximum Gasteiger partial charge on any atom is 0.0380 e. The minimum absolute atomic E-state index is 0. The summed E-state index contributed by atoms with van der Waals surface area (Å²) in [6.07, 6.45) is 4.27. The molecule has 4 heteroatoms. The average Bonchev–Trinajstić information content (AvgIpc) is 2.38. The summed E-state index contributed by atoms with van der Waals surface area (Å²) < 4.78 is 0. The Kier molecular flexibility index (Phi) is 7.49. The third-order valence-electron chi connectivity index (χ3n) is 5.11. The van der Waals surface area contributed by atoms with E-state index in [9.17, 15) is 0 Å². The Balaban J connectivity index is 0.00000110. The van der Waals surface area contributed by atoms with Crippen LogP contribution in [0.2, 0.25) is 0 Å². The molecule has 1 aliphatic carbocycles. The zero-order valence-electron chi connectivity index (χ0n) is 13.1. The van der Waals surface area contributed by atoms with Crippen molar-refractivity contribution in [3.05, 3.63) is 34.9 Å². The van der Waals surface area contributed by atoms with Gasteiger partial charge >= 0.3 is 0 Å². The molecule has 0 spiro atoms.